The van der Waals surface area contributed by atoms with Gasteiger partial charge in [-0.25, -0.2) is 0 Å². The first-order valence-corrected chi connectivity index (χ1v) is 9.84. The van der Waals surface area contributed by atoms with Gasteiger partial charge in [0.15, 0.2) is 6.29 Å². The highest BCUT2D eigenvalue weighted by atomic mass is 32.2. The molecule has 12 heteroatoms. The lowest BCUT2D eigenvalue weighted by atomic mass is 10.0. The number of hydrogen-bond donors (Lipinski definition) is 2. The van der Waals surface area contributed by atoms with Gasteiger partial charge in [0.2, 0.25) is 5.91 Å². The minimum Gasteiger partial charge on any atom is -0.366 e. The molecule has 1 fully saturated rings. The summed E-state index contributed by atoms with van der Waals surface area (Å²) in [7, 11) is -7.64. The monoisotopic (exact) mass is 361 g/mol. The molecule has 10 nitrogen and oxygen atoms in total. The van der Waals surface area contributed by atoms with E-state index in [4.69, 9.17) is 8.92 Å². The lowest BCUT2D eigenvalue weighted by Crippen LogP contribution is -2.56. The number of aliphatic hydroxyl groups excluding tert-OH is 1. The standard InChI is InChI=1S/C10H19NO9S2/c1-6(12)11-7-4-8(20-22(3,16)17)9(19-10(7)13)5-18-21(2,14)15/h7-10,13H,4-5H2,1-3H3,(H,11,12). The maximum absolute atomic E-state index is 11.3. The molecule has 130 valence electrons. The number of carbonyl (C=O) groups is 1. The molecule has 1 amide bonds. The first kappa shape index (κ1) is 19.3. The highest BCUT2D eigenvalue weighted by Crippen LogP contribution is 2.23. The number of aliphatic hydroxyl groups is 1. The van der Waals surface area contributed by atoms with E-state index in [9.17, 15) is 26.7 Å². The number of nitrogens with one attached hydrogen (secondary N) is 1. The van der Waals surface area contributed by atoms with Crippen molar-refractivity contribution in [3.8, 4) is 0 Å². The van der Waals surface area contributed by atoms with E-state index < -0.39 is 57.3 Å². The molecule has 1 aliphatic rings. The van der Waals surface area contributed by atoms with E-state index in [1.165, 1.54) is 6.92 Å². The second-order valence-corrected chi connectivity index (χ2v) is 8.18. The quantitative estimate of drug-likeness (QED) is 0.509. The molecule has 0 aromatic carbocycles. The molecule has 0 bridgehead atoms. The summed E-state index contributed by atoms with van der Waals surface area (Å²) in [5.74, 6) is -0.448. The van der Waals surface area contributed by atoms with E-state index in [0.29, 0.717) is 0 Å². The largest absolute Gasteiger partial charge is 0.366 e. The van der Waals surface area contributed by atoms with Crippen molar-refractivity contribution in [3.05, 3.63) is 0 Å². The molecule has 1 rings (SSSR count). The summed E-state index contributed by atoms with van der Waals surface area (Å²) in [6.45, 7) is 0.695. The third-order valence-corrected chi connectivity index (χ3v) is 3.85. The van der Waals surface area contributed by atoms with Crippen molar-refractivity contribution in [1.82, 2.24) is 5.32 Å². The van der Waals surface area contributed by atoms with Gasteiger partial charge in [0, 0.05) is 13.3 Å². The van der Waals surface area contributed by atoms with E-state index in [0.717, 1.165) is 12.5 Å². The Kier molecular flexibility index (Phi) is 6.29. The molecule has 1 saturated heterocycles. The summed E-state index contributed by atoms with van der Waals surface area (Å²) in [5.41, 5.74) is 0. The molecule has 4 atom stereocenters. The zero-order chi connectivity index (χ0) is 17.1. The maximum atomic E-state index is 11.3. The maximum Gasteiger partial charge on any atom is 0.264 e. The third kappa shape index (κ3) is 6.98. The van der Waals surface area contributed by atoms with E-state index in [2.05, 4.69) is 9.50 Å². The van der Waals surface area contributed by atoms with E-state index in [1.54, 1.807) is 0 Å². The summed E-state index contributed by atoms with van der Waals surface area (Å²) in [6.07, 6.45) is -2.15. The average molecular weight is 361 g/mol. The highest BCUT2D eigenvalue weighted by Gasteiger charge is 2.40. The van der Waals surface area contributed by atoms with Gasteiger partial charge in [-0.1, -0.05) is 0 Å². The van der Waals surface area contributed by atoms with Crippen molar-refractivity contribution in [2.24, 2.45) is 0 Å². The molecule has 2 N–H and O–H groups in total. The zero-order valence-electron chi connectivity index (χ0n) is 12.3. The van der Waals surface area contributed by atoms with Crippen LogP contribution in [0.25, 0.3) is 0 Å². The number of hydrogen-bond acceptors (Lipinski definition) is 9. The Bertz CT molecular complexity index is 600. The Morgan fingerprint density at radius 1 is 1.27 bits per heavy atom. The third-order valence-electron chi connectivity index (χ3n) is 2.69. The number of rotatable bonds is 6. The number of amides is 1. The van der Waals surface area contributed by atoms with Crippen LogP contribution in [0.3, 0.4) is 0 Å². The van der Waals surface area contributed by atoms with Crippen LogP contribution in [0, 0.1) is 0 Å². The molecular formula is C10H19NO9S2. The van der Waals surface area contributed by atoms with Crippen LogP contribution in [0.5, 0.6) is 0 Å². The van der Waals surface area contributed by atoms with Gasteiger partial charge in [-0.3, -0.25) is 13.2 Å². The molecule has 0 saturated carbocycles. The van der Waals surface area contributed by atoms with Crippen molar-refractivity contribution >= 4 is 26.1 Å². The van der Waals surface area contributed by atoms with Gasteiger partial charge < -0.3 is 15.2 Å². The predicted molar refractivity (Wildman–Crippen MR) is 73.6 cm³/mol. The van der Waals surface area contributed by atoms with Gasteiger partial charge in [0.1, 0.15) is 12.2 Å². The van der Waals surface area contributed by atoms with Crippen LogP contribution in [0.15, 0.2) is 0 Å². The van der Waals surface area contributed by atoms with Crippen molar-refractivity contribution in [3.63, 3.8) is 0 Å². The second-order valence-electron chi connectivity index (χ2n) is 4.94. The normalized spacial score (nSPS) is 30.0. The van der Waals surface area contributed by atoms with E-state index >= 15 is 0 Å². The van der Waals surface area contributed by atoms with Crippen LogP contribution >= 0.6 is 0 Å². The van der Waals surface area contributed by atoms with Gasteiger partial charge in [0.05, 0.1) is 25.2 Å². The smallest absolute Gasteiger partial charge is 0.264 e. The Hall–Kier alpha value is -0.790. The van der Waals surface area contributed by atoms with Crippen molar-refractivity contribution in [1.29, 1.82) is 0 Å². The molecule has 0 spiro atoms. The van der Waals surface area contributed by atoms with Gasteiger partial charge in [-0.05, 0) is 0 Å². The lowest BCUT2D eigenvalue weighted by molar-refractivity contribution is -0.213. The molecule has 1 aliphatic heterocycles. The minimum atomic E-state index is -3.86. The second kappa shape index (κ2) is 7.19. The molecular weight excluding hydrogens is 342 g/mol. The molecule has 0 aromatic rings. The zero-order valence-corrected chi connectivity index (χ0v) is 13.9. The van der Waals surface area contributed by atoms with Crippen LogP contribution in [-0.2, 0) is 38.1 Å². The fourth-order valence-corrected chi connectivity index (χ4v) is 2.97. The summed E-state index contributed by atoms with van der Waals surface area (Å²) in [4.78, 5) is 11.0. The molecule has 0 radical (unpaired) electrons. The van der Waals surface area contributed by atoms with Crippen molar-refractivity contribution < 1.29 is 39.8 Å². The molecule has 22 heavy (non-hydrogen) atoms. The van der Waals surface area contributed by atoms with Gasteiger partial charge in [-0.2, -0.15) is 16.8 Å². The van der Waals surface area contributed by atoms with Crippen LogP contribution in [0.4, 0.5) is 0 Å². The molecule has 0 aliphatic carbocycles. The SMILES string of the molecule is CC(=O)NC1CC(OS(C)(=O)=O)C(COS(C)(=O)=O)OC1O. The van der Waals surface area contributed by atoms with Crippen molar-refractivity contribution in [2.75, 3.05) is 19.1 Å². The van der Waals surface area contributed by atoms with Crippen LogP contribution in [0.2, 0.25) is 0 Å². The van der Waals surface area contributed by atoms with E-state index in [-0.39, 0.29) is 6.42 Å². The summed E-state index contributed by atoms with van der Waals surface area (Å²) in [5, 5.41) is 12.2. The van der Waals surface area contributed by atoms with Crippen LogP contribution in [0.1, 0.15) is 13.3 Å². The van der Waals surface area contributed by atoms with Gasteiger partial charge in [-0.15, -0.1) is 0 Å². The van der Waals surface area contributed by atoms with Crippen LogP contribution in [-0.4, -0.2) is 71.5 Å². The molecule has 4 unspecified atom stereocenters. The predicted octanol–water partition coefficient (Wildman–Crippen LogP) is -2.08. The number of carbonyl (C=O) groups excluding carboxylic acids is 1. The fourth-order valence-electron chi connectivity index (χ4n) is 1.93. The molecule has 0 aromatic heterocycles. The first-order chi connectivity index (χ1) is 9.87. The molecule has 1 heterocycles. The van der Waals surface area contributed by atoms with Crippen molar-refractivity contribution in [2.45, 2.75) is 37.9 Å². The summed E-state index contributed by atoms with van der Waals surface area (Å²) < 4.78 is 59.0. The first-order valence-electron chi connectivity index (χ1n) is 6.20. The topological polar surface area (TPSA) is 145 Å². The summed E-state index contributed by atoms with van der Waals surface area (Å²) in [6, 6.07) is -0.890. The Balaban J connectivity index is 2.86. The van der Waals surface area contributed by atoms with Gasteiger partial charge >= 0.3 is 0 Å². The van der Waals surface area contributed by atoms with Crippen LogP contribution < -0.4 is 5.32 Å². The van der Waals surface area contributed by atoms with Gasteiger partial charge in [0.25, 0.3) is 20.2 Å². The fraction of sp³-hybridized carbons (Fsp3) is 0.900. The lowest BCUT2D eigenvalue weighted by Gasteiger charge is -2.38. The minimum absolute atomic E-state index is 0.0917. The Morgan fingerprint density at radius 2 is 1.86 bits per heavy atom. The Morgan fingerprint density at radius 3 is 2.32 bits per heavy atom. The summed E-state index contributed by atoms with van der Waals surface area (Å²) >= 11 is 0. The number of ether oxygens (including phenoxy) is 1. The van der Waals surface area contributed by atoms with E-state index in [1.807, 2.05) is 0 Å². The highest BCUT2D eigenvalue weighted by molar-refractivity contribution is 7.86. The Labute approximate surface area is 129 Å². The average Bonchev–Trinajstić information content (AvgIpc) is 2.27.